The number of esters is 1. The molecule has 0 bridgehead atoms. The summed E-state index contributed by atoms with van der Waals surface area (Å²) < 4.78 is 10.1. The third kappa shape index (κ3) is 3.24. The lowest BCUT2D eigenvalue weighted by molar-refractivity contribution is 0.0121. The van der Waals surface area contributed by atoms with Crippen molar-refractivity contribution in [3.63, 3.8) is 0 Å². The van der Waals surface area contributed by atoms with Crippen LogP contribution in [0.5, 0.6) is 0 Å². The van der Waals surface area contributed by atoms with Gasteiger partial charge in [0.15, 0.2) is 0 Å². The Morgan fingerprint density at radius 1 is 1.44 bits per heavy atom. The maximum absolute atomic E-state index is 11.8. The molecular weight excluding hydrogens is 206 g/mol. The normalized spacial score (nSPS) is 11.9. The lowest BCUT2D eigenvalue weighted by atomic mass is 10.2. The standard InChI is InChI=1S/C12H17NO3/c1-9(8-15-3)16-12(14)10-6-4-5-7-11(10)13-2/h4-7,9,13H,8H2,1-3H3. The second-order valence-corrected chi connectivity index (χ2v) is 3.47. The van der Waals surface area contributed by atoms with Crippen molar-refractivity contribution in [3.05, 3.63) is 29.8 Å². The fourth-order valence-corrected chi connectivity index (χ4v) is 1.39. The SMILES string of the molecule is CNc1ccccc1C(=O)OC(C)COC. The molecule has 0 aliphatic heterocycles. The molecule has 0 radical (unpaired) electrons. The summed E-state index contributed by atoms with van der Waals surface area (Å²) in [7, 11) is 3.34. The van der Waals surface area contributed by atoms with E-state index in [1.54, 1.807) is 33.2 Å². The van der Waals surface area contributed by atoms with Crippen LogP contribution in [0.4, 0.5) is 5.69 Å². The average Bonchev–Trinajstić information content (AvgIpc) is 2.29. The second kappa shape index (κ2) is 6.12. The van der Waals surface area contributed by atoms with Gasteiger partial charge in [-0.3, -0.25) is 0 Å². The number of rotatable bonds is 5. The monoisotopic (exact) mass is 223 g/mol. The molecule has 0 aliphatic carbocycles. The zero-order chi connectivity index (χ0) is 12.0. The molecule has 0 spiro atoms. The molecule has 0 aliphatic rings. The van der Waals surface area contributed by atoms with Crippen molar-refractivity contribution < 1.29 is 14.3 Å². The zero-order valence-corrected chi connectivity index (χ0v) is 9.82. The maximum atomic E-state index is 11.8. The van der Waals surface area contributed by atoms with Gasteiger partial charge in [-0.25, -0.2) is 4.79 Å². The fraction of sp³-hybridized carbons (Fsp3) is 0.417. The highest BCUT2D eigenvalue weighted by atomic mass is 16.6. The molecule has 0 saturated heterocycles. The molecule has 1 atom stereocenters. The average molecular weight is 223 g/mol. The van der Waals surface area contributed by atoms with Gasteiger partial charge < -0.3 is 14.8 Å². The van der Waals surface area contributed by atoms with Crippen LogP contribution in [0, 0.1) is 0 Å². The van der Waals surface area contributed by atoms with Crippen molar-refractivity contribution in [3.8, 4) is 0 Å². The molecule has 0 aromatic heterocycles. The van der Waals surface area contributed by atoms with Crippen LogP contribution in [0.3, 0.4) is 0 Å². The molecule has 4 heteroatoms. The van der Waals surface area contributed by atoms with E-state index in [-0.39, 0.29) is 12.1 Å². The summed E-state index contributed by atoms with van der Waals surface area (Å²) in [5.74, 6) is -0.338. The molecule has 1 rings (SSSR count). The van der Waals surface area contributed by atoms with E-state index in [1.807, 2.05) is 12.1 Å². The van der Waals surface area contributed by atoms with Gasteiger partial charge in [0.1, 0.15) is 6.10 Å². The van der Waals surface area contributed by atoms with E-state index in [1.165, 1.54) is 0 Å². The number of hydrogen-bond acceptors (Lipinski definition) is 4. The summed E-state index contributed by atoms with van der Waals surface area (Å²) >= 11 is 0. The molecule has 4 nitrogen and oxygen atoms in total. The van der Waals surface area contributed by atoms with Crippen molar-refractivity contribution in [2.24, 2.45) is 0 Å². The summed E-state index contributed by atoms with van der Waals surface area (Å²) in [5.41, 5.74) is 1.30. The van der Waals surface area contributed by atoms with Gasteiger partial charge in [-0.15, -0.1) is 0 Å². The molecule has 1 aromatic rings. The van der Waals surface area contributed by atoms with Gasteiger partial charge in [-0.1, -0.05) is 12.1 Å². The molecule has 1 unspecified atom stereocenters. The summed E-state index contributed by atoms with van der Waals surface area (Å²) in [5, 5.41) is 2.95. The number of benzene rings is 1. The van der Waals surface area contributed by atoms with E-state index in [4.69, 9.17) is 9.47 Å². The predicted octanol–water partition coefficient (Wildman–Crippen LogP) is 1.92. The first-order valence-electron chi connectivity index (χ1n) is 5.15. The number of methoxy groups -OCH3 is 1. The Morgan fingerprint density at radius 3 is 2.75 bits per heavy atom. The molecule has 0 fully saturated rings. The van der Waals surface area contributed by atoms with E-state index in [2.05, 4.69) is 5.32 Å². The van der Waals surface area contributed by atoms with Crippen LogP contribution in [-0.4, -0.2) is 32.8 Å². The van der Waals surface area contributed by atoms with Crippen LogP contribution >= 0.6 is 0 Å². The molecule has 16 heavy (non-hydrogen) atoms. The van der Waals surface area contributed by atoms with Gasteiger partial charge in [-0.2, -0.15) is 0 Å². The fourth-order valence-electron chi connectivity index (χ4n) is 1.39. The highest BCUT2D eigenvalue weighted by Gasteiger charge is 2.14. The van der Waals surface area contributed by atoms with Crippen molar-refractivity contribution in [2.75, 3.05) is 26.1 Å². The molecule has 88 valence electrons. The molecule has 0 saturated carbocycles. The van der Waals surface area contributed by atoms with Gasteiger partial charge in [0.2, 0.25) is 0 Å². The van der Waals surface area contributed by atoms with Gasteiger partial charge in [0.05, 0.1) is 12.2 Å². The number of carbonyl (C=O) groups is 1. The topological polar surface area (TPSA) is 47.6 Å². The van der Waals surface area contributed by atoms with Crippen LogP contribution in [-0.2, 0) is 9.47 Å². The minimum atomic E-state index is -0.338. The predicted molar refractivity (Wildman–Crippen MR) is 62.7 cm³/mol. The van der Waals surface area contributed by atoms with E-state index < -0.39 is 0 Å². The first-order chi connectivity index (χ1) is 7.69. The van der Waals surface area contributed by atoms with Gasteiger partial charge >= 0.3 is 5.97 Å². The Labute approximate surface area is 95.6 Å². The van der Waals surface area contributed by atoms with Crippen LogP contribution in [0.25, 0.3) is 0 Å². The van der Waals surface area contributed by atoms with E-state index in [9.17, 15) is 4.79 Å². The zero-order valence-electron chi connectivity index (χ0n) is 9.82. The maximum Gasteiger partial charge on any atom is 0.340 e. The van der Waals surface area contributed by atoms with Crippen LogP contribution in [0.1, 0.15) is 17.3 Å². The third-order valence-corrected chi connectivity index (χ3v) is 2.13. The van der Waals surface area contributed by atoms with Crippen molar-refractivity contribution in [1.82, 2.24) is 0 Å². The van der Waals surface area contributed by atoms with Crippen molar-refractivity contribution in [2.45, 2.75) is 13.0 Å². The number of hydrogen-bond donors (Lipinski definition) is 1. The largest absolute Gasteiger partial charge is 0.457 e. The molecule has 0 heterocycles. The Bertz CT molecular complexity index is 352. The van der Waals surface area contributed by atoms with Crippen LogP contribution < -0.4 is 5.32 Å². The highest BCUT2D eigenvalue weighted by Crippen LogP contribution is 2.15. The number of nitrogens with one attached hydrogen (secondary N) is 1. The summed E-state index contributed by atoms with van der Waals surface area (Å²) in [6, 6.07) is 7.23. The van der Waals surface area contributed by atoms with E-state index in [0.29, 0.717) is 12.2 Å². The number of anilines is 1. The van der Waals surface area contributed by atoms with E-state index >= 15 is 0 Å². The van der Waals surface area contributed by atoms with E-state index in [0.717, 1.165) is 5.69 Å². The molecule has 1 N–H and O–H groups in total. The summed E-state index contributed by atoms with van der Waals surface area (Å²) in [6.07, 6.45) is -0.248. The minimum absolute atomic E-state index is 0.248. The summed E-state index contributed by atoms with van der Waals surface area (Å²) in [6.45, 7) is 2.19. The molecule has 1 aromatic carbocycles. The van der Waals surface area contributed by atoms with Crippen molar-refractivity contribution in [1.29, 1.82) is 0 Å². The number of ether oxygens (including phenoxy) is 2. The summed E-state index contributed by atoms with van der Waals surface area (Å²) in [4.78, 5) is 11.8. The minimum Gasteiger partial charge on any atom is -0.457 e. The Hall–Kier alpha value is -1.55. The highest BCUT2D eigenvalue weighted by molar-refractivity contribution is 5.95. The quantitative estimate of drug-likeness (QED) is 0.775. The van der Waals surface area contributed by atoms with Crippen molar-refractivity contribution >= 4 is 11.7 Å². The van der Waals surface area contributed by atoms with Crippen LogP contribution in [0.2, 0.25) is 0 Å². The first-order valence-corrected chi connectivity index (χ1v) is 5.15. The second-order valence-electron chi connectivity index (χ2n) is 3.47. The first kappa shape index (κ1) is 12.5. The number of para-hydroxylation sites is 1. The lowest BCUT2D eigenvalue weighted by Gasteiger charge is -2.13. The van der Waals surface area contributed by atoms with Gasteiger partial charge in [0, 0.05) is 19.8 Å². The third-order valence-electron chi connectivity index (χ3n) is 2.13. The van der Waals surface area contributed by atoms with Crippen LogP contribution in [0.15, 0.2) is 24.3 Å². The molecular formula is C12H17NO3. The van der Waals surface area contributed by atoms with Gasteiger partial charge in [-0.05, 0) is 19.1 Å². The Kier molecular flexibility index (Phi) is 4.79. The lowest BCUT2D eigenvalue weighted by Crippen LogP contribution is -2.20. The number of carbonyl (C=O) groups excluding carboxylic acids is 1. The Morgan fingerprint density at radius 2 is 2.12 bits per heavy atom. The molecule has 0 amide bonds. The smallest absolute Gasteiger partial charge is 0.340 e. The Balaban J connectivity index is 2.72. The van der Waals surface area contributed by atoms with Gasteiger partial charge in [0.25, 0.3) is 0 Å².